The van der Waals surface area contributed by atoms with Crippen molar-refractivity contribution in [2.75, 3.05) is 26.2 Å². The number of benzene rings is 1. The van der Waals surface area contributed by atoms with Gasteiger partial charge in [-0.2, -0.15) is 4.31 Å². The normalized spacial score (nSPS) is 18.2. The van der Waals surface area contributed by atoms with Crippen LogP contribution in [-0.2, 0) is 10.0 Å². The Hall–Kier alpha value is -0.820. The summed E-state index contributed by atoms with van der Waals surface area (Å²) >= 11 is 5.85. The van der Waals surface area contributed by atoms with Crippen LogP contribution in [-0.4, -0.2) is 44.0 Å². The Balaban J connectivity index is 2.44. The molecule has 17 heavy (non-hydrogen) atoms. The lowest BCUT2D eigenvalue weighted by atomic mass is 10.3. The van der Waals surface area contributed by atoms with E-state index in [0.29, 0.717) is 26.2 Å². The molecule has 1 aromatic rings. The summed E-state index contributed by atoms with van der Waals surface area (Å²) in [7, 11) is -3.71. The molecule has 0 saturated carbocycles. The number of halogens is 1. The van der Waals surface area contributed by atoms with Crippen LogP contribution < -0.4 is 5.32 Å². The average Bonchev–Trinajstić information content (AvgIpc) is 2.29. The Bertz CT molecular complexity index is 492. The summed E-state index contributed by atoms with van der Waals surface area (Å²) in [6.07, 6.45) is 0. The number of nitrogens with zero attached hydrogens (tertiary/aromatic N) is 1. The predicted molar refractivity (Wildman–Crippen MR) is 64.7 cm³/mol. The van der Waals surface area contributed by atoms with Gasteiger partial charge in [0.25, 0.3) is 0 Å². The van der Waals surface area contributed by atoms with Crippen LogP contribution in [0, 0.1) is 0 Å². The molecule has 1 aromatic carbocycles. The van der Waals surface area contributed by atoms with Gasteiger partial charge in [0.1, 0.15) is 10.6 Å². The Morgan fingerprint density at radius 2 is 1.94 bits per heavy atom. The van der Waals surface area contributed by atoms with Crippen molar-refractivity contribution < 1.29 is 13.5 Å². The predicted octanol–water partition coefficient (Wildman–Crippen LogP) is 0.639. The van der Waals surface area contributed by atoms with Crippen LogP contribution in [0.3, 0.4) is 0 Å². The SMILES string of the molecule is O=S(=O)(c1c(O)cccc1Cl)N1CCNCC1. The topological polar surface area (TPSA) is 69.6 Å². The quantitative estimate of drug-likeness (QED) is 0.832. The molecule has 1 heterocycles. The van der Waals surface area contributed by atoms with Crippen LogP contribution in [0.1, 0.15) is 0 Å². The summed E-state index contributed by atoms with van der Waals surface area (Å²) < 4.78 is 25.9. The Labute approximate surface area is 105 Å². The third-order valence-corrected chi connectivity index (χ3v) is 5.04. The van der Waals surface area contributed by atoms with Crippen molar-refractivity contribution >= 4 is 21.6 Å². The average molecular weight is 277 g/mol. The zero-order chi connectivity index (χ0) is 12.5. The highest BCUT2D eigenvalue weighted by atomic mass is 35.5. The maximum atomic E-state index is 12.3. The molecule has 7 heteroatoms. The smallest absolute Gasteiger partial charge is 0.248 e. The second-order valence-electron chi connectivity index (χ2n) is 3.74. The van der Waals surface area contributed by atoms with Crippen LogP contribution in [0.15, 0.2) is 23.1 Å². The first-order valence-electron chi connectivity index (χ1n) is 5.22. The number of nitrogens with one attached hydrogen (secondary N) is 1. The monoisotopic (exact) mass is 276 g/mol. The fraction of sp³-hybridized carbons (Fsp3) is 0.400. The van der Waals surface area contributed by atoms with Gasteiger partial charge in [0.05, 0.1) is 5.02 Å². The van der Waals surface area contributed by atoms with Crippen LogP contribution in [0.4, 0.5) is 0 Å². The van der Waals surface area contributed by atoms with E-state index in [2.05, 4.69) is 5.32 Å². The Morgan fingerprint density at radius 3 is 2.53 bits per heavy atom. The molecule has 1 aliphatic rings. The molecule has 1 aliphatic heterocycles. The van der Waals surface area contributed by atoms with Crippen LogP contribution >= 0.6 is 11.6 Å². The molecule has 2 N–H and O–H groups in total. The number of sulfonamides is 1. The lowest BCUT2D eigenvalue weighted by Gasteiger charge is -2.27. The lowest BCUT2D eigenvalue weighted by molar-refractivity contribution is 0.357. The van der Waals surface area contributed by atoms with Crippen molar-refractivity contribution in [2.24, 2.45) is 0 Å². The molecule has 0 amide bonds. The van der Waals surface area contributed by atoms with Gasteiger partial charge in [-0.15, -0.1) is 0 Å². The first kappa shape index (κ1) is 12.6. The molecule has 0 aliphatic carbocycles. The number of hydrogen-bond acceptors (Lipinski definition) is 4. The molecule has 5 nitrogen and oxygen atoms in total. The third-order valence-electron chi connectivity index (χ3n) is 2.62. The first-order valence-corrected chi connectivity index (χ1v) is 7.03. The highest BCUT2D eigenvalue weighted by Gasteiger charge is 2.30. The maximum Gasteiger partial charge on any atom is 0.248 e. The number of aromatic hydroxyl groups is 1. The van der Waals surface area contributed by atoms with Crippen LogP contribution in [0.5, 0.6) is 5.75 Å². The molecule has 2 rings (SSSR count). The van der Waals surface area contributed by atoms with Gasteiger partial charge in [-0.3, -0.25) is 0 Å². The van der Waals surface area contributed by atoms with Crippen molar-refractivity contribution in [2.45, 2.75) is 4.90 Å². The van der Waals surface area contributed by atoms with E-state index < -0.39 is 10.0 Å². The molecule has 0 radical (unpaired) electrons. The second-order valence-corrected chi connectivity index (χ2v) is 6.02. The fourth-order valence-corrected chi connectivity index (χ4v) is 3.80. The summed E-state index contributed by atoms with van der Waals surface area (Å²) in [4.78, 5) is -0.205. The zero-order valence-corrected chi connectivity index (χ0v) is 10.6. The van der Waals surface area contributed by atoms with Crippen LogP contribution in [0.2, 0.25) is 5.02 Å². The van der Waals surface area contributed by atoms with Gasteiger partial charge in [-0.1, -0.05) is 17.7 Å². The standard InChI is InChI=1S/C10H13ClN2O3S/c11-8-2-1-3-9(14)10(8)17(15,16)13-6-4-12-5-7-13/h1-3,12,14H,4-7H2. The lowest BCUT2D eigenvalue weighted by Crippen LogP contribution is -2.46. The first-order chi connectivity index (χ1) is 8.03. The highest BCUT2D eigenvalue weighted by molar-refractivity contribution is 7.89. The Morgan fingerprint density at radius 1 is 1.29 bits per heavy atom. The van der Waals surface area contributed by atoms with Crippen molar-refractivity contribution in [3.63, 3.8) is 0 Å². The minimum absolute atomic E-state index is 0.0449. The van der Waals surface area contributed by atoms with Crippen molar-refractivity contribution in [1.82, 2.24) is 9.62 Å². The molecular formula is C10H13ClN2O3S. The largest absolute Gasteiger partial charge is 0.506 e. The van der Waals surface area contributed by atoms with Crippen molar-refractivity contribution in [1.29, 1.82) is 0 Å². The molecule has 0 atom stereocenters. The summed E-state index contributed by atoms with van der Waals surface area (Å²) in [5, 5.41) is 12.8. The van der Waals surface area contributed by atoms with E-state index in [-0.39, 0.29) is 15.7 Å². The fourth-order valence-electron chi connectivity index (χ4n) is 1.77. The van der Waals surface area contributed by atoms with Gasteiger partial charge in [-0.25, -0.2) is 8.42 Å². The summed E-state index contributed by atoms with van der Waals surface area (Å²) in [5.41, 5.74) is 0. The van der Waals surface area contributed by atoms with Gasteiger partial charge in [0.15, 0.2) is 0 Å². The molecular weight excluding hydrogens is 264 g/mol. The van der Waals surface area contributed by atoms with E-state index in [1.807, 2.05) is 0 Å². The highest BCUT2D eigenvalue weighted by Crippen LogP contribution is 2.32. The van der Waals surface area contributed by atoms with Gasteiger partial charge < -0.3 is 10.4 Å². The molecule has 94 valence electrons. The minimum atomic E-state index is -3.71. The Kier molecular flexibility index (Phi) is 3.58. The van der Waals surface area contributed by atoms with Gasteiger partial charge in [-0.05, 0) is 12.1 Å². The third kappa shape index (κ3) is 2.40. The summed E-state index contributed by atoms with van der Waals surface area (Å²) in [6, 6.07) is 4.28. The molecule has 0 bridgehead atoms. The molecule has 0 aromatic heterocycles. The van der Waals surface area contributed by atoms with Crippen molar-refractivity contribution in [3.8, 4) is 5.75 Å². The zero-order valence-electron chi connectivity index (χ0n) is 9.06. The van der Waals surface area contributed by atoms with Crippen molar-refractivity contribution in [3.05, 3.63) is 23.2 Å². The van der Waals surface area contributed by atoms with E-state index in [4.69, 9.17) is 11.6 Å². The number of phenolic OH excluding ortho intramolecular Hbond substituents is 1. The number of rotatable bonds is 2. The molecule has 1 fully saturated rings. The number of piperazine rings is 1. The van der Waals surface area contributed by atoms with E-state index in [1.54, 1.807) is 0 Å². The summed E-state index contributed by atoms with van der Waals surface area (Å²) in [6.45, 7) is 1.97. The van der Waals surface area contributed by atoms with E-state index in [0.717, 1.165) is 0 Å². The van der Waals surface area contributed by atoms with Gasteiger partial charge in [0.2, 0.25) is 10.0 Å². The molecule has 1 saturated heterocycles. The second kappa shape index (κ2) is 4.81. The number of phenols is 1. The minimum Gasteiger partial charge on any atom is -0.506 e. The van der Waals surface area contributed by atoms with Gasteiger partial charge in [0, 0.05) is 26.2 Å². The van der Waals surface area contributed by atoms with E-state index >= 15 is 0 Å². The summed E-state index contributed by atoms with van der Waals surface area (Å²) in [5.74, 6) is -0.309. The van der Waals surface area contributed by atoms with Gasteiger partial charge >= 0.3 is 0 Å². The molecule has 0 unspecified atom stereocenters. The maximum absolute atomic E-state index is 12.3. The molecule has 0 spiro atoms. The van der Waals surface area contributed by atoms with E-state index in [9.17, 15) is 13.5 Å². The number of hydrogen-bond donors (Lipinski definition) is 2. The van der Waals surface area contributed by atoms with Crippen LogP contribution in [0.25, 0.3) is 0 Å². The van der Waals surface area contributed by atoms with E-state index in [1.165, 1.54) is 22.5 Å².